The molecule has 0 aromatic carbocycles. The molecule has 3 nitrogen and oxygen atoms in total. The van der Waals surface area contributed by atoms with Gasteiger partial charge in [-0.1, -0.05) is 0 Å². The summed E-state index contributed by atoms with van der Waals surface area (Å²) in [7, 11) is 8.75. The molecule has 1 saturated heterocycles. The zero-order valence-corrected chi connectivity index (χ0v) is 8.80. The van der Waals surface area contributed by atoms with Crippen LogP contribution in [0, 0.1) is 0 Å². The van der Waals surface area contributed by atoms with Crippen molar-refractivity contribution in [3.8, 4) is 0 Å². The molecule has 1 heterocycles. The number of nitrogens with one attached hydrogen (secondary N) is 1. The van der Waals surface area contributed by atoms with E-state index in [9.17, 15) is 0 Å². The molecule has 0 spiro atoms. The van der Waals surface area contributed by atoms with Crippen LogP contribution in [0.15, 0.2) is 0 Å². The molecule has 72 valence electrons. The molecule has 12 heavy (non-hydrogen) atoms. The van der Waals surface area contributed by atoms with Gasteiger partial charge in [0.25, 0.3) is 0 Å². The van der Waals surface area contributed by atoms with Gasteiger partial charge in [-0.15, -0.1) is 0 Å². The van der Waals surface area contributed by atoms with E-state index in [1.165, 1.54) is 30.4 Å². The van der Waals surface area contributed by atoms with Crippen LogP contribution in [0.25, 0.3) is 0 Å². The third kappa shape index (κ3) is 3.09. The molecule has 0 radical (unpaired) electrons. The average Bonchev–Trinajstić information content (AvgIpc) is 1.93. The van der Waals surface area contributed by atoms with Crippen LogP contribution in [-0.2, 0) is 0 Å². The molecule has 0 bridgehead atoms. The molecule has 0 amide bonds. The van der Waals surface area contributed by atoms with Crippen LogP contribution in [0.1, 0.15) is 12.8 Å². The summed E-state index contributed by atoms with van der Waals surface area (Å²) < 4.78 is 1.19. The quantitative estimate of drug-likeness (QED) is 0.476. The molecule has 1 fully saturated rings. The fourth-order valence-electron chi connectivity index (χ4n) is 1.76. The first kappa shape index (κ1) is 9.96. The molecule has 0 saturated carbocycles. The highest BCUT2D eigenvalue weighted by Gasteiger charge is 2.25. The number of quaternary nitrogens is 1. The highest BCUT2D eigenvalue weighted by molar-refractivity contribution is 4.67. The Balaban J connectivity index is 2.27. The normalized spacial score (nSPS) is 24.8. The minimum atomic E-state index is 0.700. The number of hydrogen-bond acceptors (Lipinski definition) is 2. The van der Waals surface area contributed by atoms with Gasteiger partial charge in [0.2, 0.25) is 0 Å². The van der Waals surface area contributed by atoms with Crippen molar-refractivity contribution in [3.05, 3.63) is 0 Å². The lowest BCUT2D eigenvalue weighted by molar-refractivity contribution is -0.895. The minimum Gasteiger partial charge on any atom is -0.328 e. The van der Waals surface area contributed by atoms with Crippen LogP contribution in [0.5, 0.6) is 0 Å². The van der Waals surface area contributed by atoms with Gasteiger partial charge in [-0.2, -0.15) is 0 Å². The monoisotopic (exact) mass is 172 g/mol. The minimum absolute atomic E-state index is 0.700. The van der Waals surface area contributed by atoms with Gasteiger partial charge in [0, 0.05) is 33.0 Å². The Labute approximate surface area is 75.9 Å². The van der Waals surface area contributed by atoms with E-state index in [2.05, 4.69) is 38.6 Å². The first-order valence-electron chi connectivity index (χ1n) is 4.75. The number of hydrogen-bond donors (Lipinski definition) is 1. The summed E-state index contributed by atoms with van der Waals surface area (Å²) in [5.74, 6) is 0. The molecule has 0 unspecified atom stereocenters. The van der Waals surface area contributed by atoms with Crippen LogP contribution in [0.4, 0.5) is 0 Å². The van der Waals surface area contributed by atoms with E-state index >= 15 is 0 Å². The van der Waals surface area contributed by atoms with Crippen molar-refractivity contribution >= 4 is 0 Å². The van der Waals surface area contributed by atoms with Crippen LogP contribution in [0.3, 0.4) is 0 Å². The maximum absolute atomic E-state index is 3.44. The third-order valence-electron chi connectivity index (χ3n) is 2.61. The Kier molecular flexibility index (Phi) is 3.09. The lowest BCUT2D eigenvalue weighted by Gasteiger charge is -2.38. The number of hydrazine groups is 1. The predicted molar refractivity (Wildman–Crippen MR) is 51.7 cm³/mol. The van der Waals surface area contributed by atoms with E-state index in [1.807, 2.05) is 0 Å². The third-order valence-corrected chi connectivity index (χ3v) is 2.61. The van der Waals surface area contributed by atoms with Crippen molar-refractivity contribution in [1.82, 2.24) is 10.4 Å². The standard InChI is InChI=1S/C9H22N3/c1-11(2)10-9-5-7-12(3,4)8-6-9/h9-10H,5-8H2,1-4H3/q+1. The predicted octanol–water partition coefficient (Wildman–Crippen LogP) is 0.291. The fraction of sp³-hybridized carbons (Fsp3) is 1.00. The second-order valence-corrected chi connectivity index (χ2v) is 4.68. The molecule has 1 aliphatic rings. The topological polar surface area (TPSA) is 15.3 Å². The fourth-order valence-corrected chi connectivity index (χ4v) is 1.76. The Morgan fingerprint density at radius 1 is 1.17 bits per heavy atom. The molecular formula is C9H22N3+. The van der Waals surface area contributed by atoms with Crippen LogP contribution in [-0.4, -0.2) is 56.8 Å². The summed E-state index contributed by atoms with van der Waals surface area (Å²) >= 11 is 0. The van der Waals surface area contributed by atoms with E-state index in [1.54, 1.807) is 0 Å². The van der Waals surface area contributed by atoms with Gasteiger partial charge >= 0.3 is 0 Å². The first-order chi connectivity index (χ1) is 5.49. The highest BCUT2D eigenvalue weighted by atomic mass is 15.5. The van der Waals surface area contributed by atoms with Gasteiger partial charge in [-0.05, 0) is 0 Å². The molecule has 1 N–H and O–H groups in total. The van der Waals surface area contributed by atoms with Gasteiger partial charge in [0.05, 0.1) is 27.2 Å². The zero-order chi connectivity index (χ0) is 9.19. The van der Waals surface area contributed by atoms with Gasteiger partial charge in [-0.25, -0.2) is 0 Å². The zero-order valence-electron chi connectivity index (χ0n) is 8.80. The van der Waals surface area contributed by atoms with Gasteiger partial charge < -0.3 is 4.48 Å². The average molecular weight is 172 g/mol. The first-order valence-corrected chi connectivity index (χ1v) is 4.75. The molecule has 0 aromatic heterocycles. The molecular weight excluding hydrogens is 150 g/mol. The van der Waals surface area contributed by atoms with Crippen LogP contribution >= 0.6 is 0 Å². The van der Waals surface area contributed by atoms with E-state index < -0.39 is 0 Å². The summed E-state index contributed by atoms with van der Waals surface area (Å²) in [6, 6.07) is 0.700. The SMILES string of the molecule is CN(C)NC1CC[N+](C)(C)CC1. The Morgan fingerprint density at radius 3 is 2.08 bits per heavy atom. The molecule has 0 atom stereocenters. The maximum atomic E-state index is 3.44. The Morgan fingerprint density at radius 2 is 1.67 bits per heavy atom. The summed E-state index contributed by atoms with van der Waals surface area (Å²) in [6.07, 6.45) is 2.59. The highest BCUT2D eigenvalue weighted by Crippen LogP contribution is 2.13. The van der Waals surface area contributed by atoms with E-state index in [0.717, 1.165) is 0 Å². The summed E-state index contributed by atoms with van der Waals surface area (Å²) in [6.45, 7) is 2.59. The second kappa shape index (κ2) is 3.73. The van der Waals surface area contributed by atoms with Crippen molar-refractivity contribution in [2.75, 3.05) is 41.3 Å². The van der Waals surface area contributed by atoms with E-state index in [-0.39, 0.29) is 0 Å². The maximum Gasteiger partial charge on any atom is 0.0798 e. The van der Waals surface area contributed by atoms with E-state index in [0.29, 0.717) is 6.04 Å². The molecule has 0 aliphatic carbocycles. The van der Waals surface area contributed by atoms with Gasteiger partial charge in [-0.3, -0.25) is 10.4 Å². The molecule has 1 aliphatic heterocycles. The summed E-state index contributed by atoms with van der Waals surface area (Å²) in [4.78, 5) is 0. The lowest BCUT2D eigenvalue weighted by Crippen LogP contribution is -2.52. The Hall–Kier alpha value is -0.120. The van der Waals surface area contributed by atoms with Crippen molar-refractivity contribution in [2.24, 2.45) is 0 Å². The lowest BCUT2D eigenvalue weighted by atomic mass is 10.0. The van der Waals surface area contributed by atoms with Gasteiger partial charge in [0.15, 0.2) is 0 Å². The molecule has 0 aromatic rings. The molecule has 1 rings (SSSR count). The van der Waals surface area contributed by atoms with Crippen LogP contribution in [0.2, 0.25) is 0 Å². The number of nitrogens with zero attached hydrogens (tertiary/aromatic N) is 2. The Bertz CT molecular complexity index is 133. The number of piperidine rings is 1. The van der Waals surface area contributed by atoms with Crippen molar-refractivity contribution in [3.63, 3.8) is 0 Å². The van der Waals surface area contributed by atoms with Crippen molar-refractivity contribution < 1.29 is 4.48 Å². The smallest absolute Gasteiger partial charge is 0.0798 e. The number of rotatable bonds is 2. The van der Waals surface area contributed by atoms with Gasteiger partial charge in [0.1, 0.15) is 0 Å². The largest absolute Gasteiger partial charge is 0.328 e. The summed E-state index contributed by atoms with van der Waals surface area (Å²) in [5.41, 5.74) is 3.44. The van der Waals surface area contributed by atoms with E-state index in [4.69, 9.17) is 0 Å². The number of likely N-dealkylation sites (tertiary alicyclic amines) is 1. The van der Waals surface area contributed by atoms with Crippen LogP contribution < -0.4 is 5.43 Å². The second-order valence-electron chi connectivity index (χ2n) is 4.68. The van der Waals surface area contributed by atoms with Crippen molar-refractivity contribution in [1.29, 1.82) is 0 Å². The summed E-state index contributed by atoms with van der Waals surface area (Å²) in [5, 5.41) is 2.07. The molecule has 3 heteroatoms. The van der Waals surface area contributed by atoms with Crippen molar-refractivity contribution in [2.45, 2.75) is 18.9 Å².